The fourth-order valence-corrected chi connectivity index (χ4v) is 3.23. The molecule has 0 aromatic heterocycles. The van der Waals surface area contributed by atoms with Crippen molar-refractivity contribution in [1.82, 2.24) is 5.32 Å². The number of hydrogen-bond donors (Lipinski definition) is 1. The standard InChI is InChI=1S/C16H16INOS/c17-15-10-5-4-9-14(15)16(19)18-11-6-12-20-13-7-2-1-3-8-13/h1-5,7-10H,6,11-12H2,(H,18,19). The van der Waals surface area contributed by atoms with E-state index in [9.17, 15) is 4.79 Å². The van der Waals surface area contributed by atoms with Gasteiger partial charge in [-0.1, -0.05) is 30.3 Å². The van der Waals surface area contributed by atoms with E-state index in [1.165, 1.54) is 4.90 Å². The lowest BCUT2D eigenvalue weighted by atomic mass is 10.2. The molecule has 0 fully saturated rings. The van der Waals surface area contributed by atoms with Crippen molar-refractivity contribution >= 4 is 40.3 Å². The van der Waals surface area contributed by atoms with Crippen LogP contribution in [0.2, 0.25) is 0 Å². The lowest BCUT2D eigenvalue weighted by molar-refractivity contribution is 0.0953. The maximum atomic E-state index is 12.0. The second-order valence-corrected chi connectivity index (χ2v) is 6.58. The zero-order valence-electron chi connectivity index (χ0n) is 11.0. The van der Waals surface area contributed by atoms with Crippen molar-refractivity contribution in [1.29, 1.82) is 0 Å². The quantitative estimate of drug-likeness (QED) is 0.450. The first-order chi connectivity index (χ1) is 9.77. The van der Waals surface area contributed by atoms with Crippen molar-refractivity contribution in [2.24, 2.45) is 0 Å². The average molecular weight is 397 g/mol. The highest BCUT2D eigenvalue weighted by atomic mass is 127. The number of amides is 1. The molecule has 0 saturated carbocycles. The number of thioether (sulfide) groups is 1. The number of nitrogens with one attached hydrogen (secondary N) is 1. The molecule has 4 heteroatoms. The Hall–Kier alpha value is -1.01. The Morgan fingerprint density at radius 2 is 1.75 bits per heavy atom. The minimum atomic E-state index is 0.0136. The largest absolute Gasteiger partial charge is 0.352 e. The zero-order chi connectivity index (χ0) is 14.2. The van der Waals surface area contributed by atoms with E-state index in [2.05, 4.69) is 40.0 Å². The number of rotatable bonds is 6. The minimum absolute atomic E-state index is 0.0136. The maximum Gasteiger partial charge on any atom is 0.252 e. The predicted molar refractivity (Wildman–Crippen MR) is 93.3 cm³/mol. The molecule has 20 heavy (non-hydrogen) atoms. The number of benzene rings is 2. The second-order valence-electron chi connectivity index (χ2n) is 4.25. The van der Waals surface area contributed by atoms with Gasteiger partial charge < -0.3 is 5.32 Å². The predicted octanol–water partition coefficient (Wildman–Crippen LogP) is 4.20. The summed E-state index contributed by atoms with van der Waals surface area (Å²) in [5.41, 5.74) is 0.754. The van der Waals surface area contributed by atoms with Crippen molar-refractivity contribution < 1.29 is 4.79 Å². The Balaban J connectivity index is 1.69. The van der Waals surface area contributed by atoms with E-state index < -0.39 is 0 Å². The van der Waals surface area contributed by atoms with Crippen molar-refractivity contribution in [2.45, 2.75) is 11.3 Å². The first-order valence-corrected chi connectivity index (χ1v) is 8.54. The van der Waals surface area contributed by atoms with Gasteiger partial charge in [0.2, 0.25) is 0 Å². The molecule has 0 aliphatic heterocycles. The highest BCUT2D eigenvalue weighted by Gasteiger charge is 2.07. The van der Waals surface area contributed by atoms with Crippen molar-refractivity contribution in [3.05, 3.63) is 63.7 Å². The Kier molecular flexibility index (Phi) is 6.39. The van der Waals surface area contributed by atoms with Crippen molar-refractivity contribution in [3.63, 3.8) is 0 Å². The van der Waals surface area contributed by atoms with Gasteiger partial charge in [0.25, 0.3) is 5.91 Å². The molecular weight excluding hydrogens is 381 g/mol. The summed E-state index contributed by atoms with van der Waals surface area (Å²) in [6, 6.07) is 18.0. The first kappa shape index (κ1) is 15.4. The van der Waals surface area contributed by atoms with Gasteiger partial charge in [0.1, 0.15) is 0 Å². The molecule has 0 unspecified atom stereocenters. The van der Waals surface area contributed by atoms with Gasteiger partial charge >= 0.3 is 0 Å². The van der Waals surface area contributed by atoms with E-state index in [0.29, 0.717) is 6.54 Å². The molecule has 2 rings (SSSR count). The second kappa shape index (κ2) is 8.32. The van der Waals surface area contributed by atoms with Crippen LogP contribution in [0.25, 0.3) is 0 Å². The number of hydrogen-bond acceptors (Lipinski definition) is 2. The fraction of sp³-hybridized carbons (Fsp3) is 0.188. The molecule has 0 aliphatic rings. The molecule has 2 nitrogen and oxygen atoms in total. The summed E-state index contributed by atoms with van der Waals surface area (Å²) in [7, 11) is 0. The summed E-state index contributed by atoms with van der Waals surface area (Å²) >= 11 is 4.01. The number of carbonyl (C=O) groups excluding carboxylic acids is 1. The molecule has 0 spiro atoms. The maximum absolute atomic E-state index is 12.0. The number of halogens is 1. The Morgan fingerprint density at radius 3 is 2.50 bits per heavy atom. The highest BCUT2D eigenvalue weighted by molar-refractivity contribution is 14.1. The van der Waals surface area contributed by atoms with Crippen LogP contribution in [-0.2, 0) is 0 Å². The monoisotopic (exact) mass is 397 g/mol. The third-order valence-electron chi connectivity index (χ3n) is 2.74. The molecule has 0 atom stereocenters. The molecule has 2 aromatic rings. The highest BCUT2D eigenvalue weighted by Crippen LogP contribution is 2.17. The average Bonchev–Trinajstić information content (AvgIpc) is 2.48. The van der Waals surface area contributed by atoms with Gasteiger partial charge in [-0.3, -0.25) is 4.79 Å². The molecule has 1 N–H and O–H groups in total. The smallest absolute Gasteiger partial charge is 0.252 e. The van der Waals surface area contributed by atoms with Crippen LogP contribution in [0.4, 0.5) is 0 Å². The first-order valence-electron chi connectivity index (χ1n) is 6.48. The molecule has 0 heterocycles. The number of carbonyl (C=O) groups is 1. The van der Waals surface area contributed by atoms with E-state index in [0.717, 1.165) is 21.3 Å². The van der Waals surface area contributed by atoms with E-state index in [4.69, 9.17) is 0 Å². The topological polar surface area (TPSA) is 29.1 Å². The molecule has 1 amide bonds. The van der Waals surface area contributed by atoms with E-state index >= 15 is 0 Å². The lowest BCUT2D eigenvalue weighted by Crippen LogP contribution is -2.25. The van der Waals surface area contributed by atoms with Gasteiger partial charge in [-0.25, -0.2) is 0 Å². The van der Waals surface area contributed by atoms with Crippen LogP contribution in [0.1, 0.15) is 16.8 Å². The van der Waals surface area contributed by atoms with Crippen molar-refractivity contribution in [2.75, 3.05) is 12.3 Å². The van der Waals surface area contributed by atoms with Crippen LogP contribution in [0.15, 0.2) is 59.5 Å². The Morgan fingerprint density at radius 1 is 1.05 bits per heavy atom. The molecule has 0 bridgehead atoms. The van der Waals surface area contributed by atoms with Gasteiger partial charge in [-0.15, -0.1) is 11.8 Å². The van der Waals surface area contributed by atoms with E-state index in [1.54, 1.807) is 0 Å². The zero-order valence-corrected chi connectivity index (χ0v) is 14.0. The van der Waals surface area contributed by atoms with Crippen LogP contribution < -0.4 is 5.32 Å². The Bertz CT molecular complexity index is 559. The van der Waals surface area contributed by atoms with Crippen LogP contribution in [0.3, 0.4) is 0 Å². The SMILES string of the molecule is O=C(NCCCSc1ccccc1)c1ccccc1I. The minimum Gasteiger partial charge on any atom is -0.352 e. The van der Waals surface area contributed by atoms with Gasteiger partial charge in [-0.05, 0) is 59.0 Å². The summed E-state index contributed by atoms with van der Waals surface area (Å²) in [4.78, 5) is 13.3. The van der Waals surface area contributed by atoms with E-state index in [-0.39, 0.29) is 5.91 Å². The van der Waals surface area contributed by atoms with Crippen LogP contribution in [0.5, 0.6) is 0 Å². The van der Waals surface area contributed by atoms with Crippen LogP contribution in [0, 0.1) is 3.57 Å². The molecule has 104 valence electrons. The Labute approximate surface area is 137 Å². The third-order valence-corrected chi connectivity index (χ3v) is 4.78. The van der Waals surface area contributed by atoms with Crippen LogP contribution >= 0.6 is 34.4 Å². The third kappa shape index (κ3) is 4.83. The fourth-order valence-electron chi connectivity index (χ4n) is 1.72. The normalized spacial score (nSPS) is 10.2. The van der Waals surface area contributed by atoms with E-state index in [1.807, 2.05) is 54.2 Å². The summed E-state index contributed by atoms with van der Waals surface area (Å²) in [6.07, 6.45) is 0.967. The molecule has 0 aliphatic carbocycles. The van der Waals surface area contributed by atoms with Gasteiger partial charge in [0, 0.05) is 15.0 Å². The summed E-state index contributed by atoms with van der Waals surface area (Å²) < 4.78 is 0.987. The summed E-state index contributed by atoms with van der Waals surface area (Å²) in [5.74, 6) is 1.02. The van der Waals surface area contributed by atoms with Gasteiger partial charge in [0.05, 0.1) is 5.56 Å². The summed E-state index contributed by atoms with van der Waals surface area (Å²) in [6.45, 7) is 0.712. The van der Waals surface area contributed by atoms with Gasteiger partial charge in [0.15, 0.2) is 0 Å². The van der Waals surface area contributed by atoms with Gasteiger partial charge in [-0.2, -0.15) is 0 Å². The lowest BCUT2D eigenvalue weighted by Gasteiger charge is -2.06. The molecular formula is C16H16INOS. The molecule has 0 saturated heterocycles. The summed E-state index contributed by atoms with van der Waals surface area (Å²) in [5, 5.41) is 2.97. The molecule has 0 radical (unpaired) electrons. The molecule has 2 aromatic carbocycles. The van der Waals surface area contributed by atoms with Crippen LogP contribution in [-0.4, -0.2) is 18.2 Å². The van der Waals surface area contributed by atoms with Crippen molar-refractivity contribution in [3.8, 4) is 0 Å².